The van der Waals surface area contributed by atoms with Crippen molar-refractivity contribution in [2.24, 2.45) is 0 Å². The Bertz CT molecular complexity index is 1940. The SMILES string of the molecule is CC(C)n1nc(C(=O)Nc2ccc(Oc3ccnc4[nH]nc(N[C@H](C)CO)c34)c(F)c2)c(=O)n(-c2ccc(F)cc2)c1=O. The van der Waals surface area contributed by atoms with Gasteiger partial charge in [0.15, 0.2) is 23.0 Å². The van der Waals surface area contributed by atoms with Crippen LogP contribution in [0.2, 0.25) is 0 Å². The molecule has 13 nitrogen and oxygen atoms in total. The molecule has 222 valence electrons. The van der Waals surface area contributed by atoms with Gasteiger partial charge in [-0.25, -0.2) is 27.8 Å². The smallest absolute Gasteiger partial charge is 0.352 e. The number of pyridine rings is 1. The third-order valence-corrected chi connectivity index (χ3v) is 6.28. The Morgan fingerprint density at radius 3 is 2.49 bits per heavy atom. The van der Waals surface area contributed by atoms with Crippen molar-refractivity contribution in [2.75, 3.05) is 17.2 Å². The molecular weight excluding hydrogens is 566 g/mol. The van der Waals surface area contributed by atoms with Gasteiger partial charge >= 0.3 is 5.69 Å². The van der Waals surface area contributed by atoms with Crippen molar-refractivity contribution in [1.29, 1.82) is 0 Å². The van der Waals surface area contributed by atoms with Gasteiger partial charge in [0, 0.05) is 30.1 Å². The van der Waals surface area contributed by atoms with E-state index in [1.165, 1.54) is 36.5 Å². The number of anilines is 2. The number of amides is 1. The first-order valence-electron chi connectivity index (χ1n) is 13.1. The number of aromatic amines is 1. The van der Waals surface area contributed by atoms with Crippen molar-refractivity contribution >= 4 is 28.4 Å². The Kier molecular flexibility index (Phi) is 7.98. The quantitative estimate of drug-likeness (QED) is 0.200. The van der Waals surface area contributed by atoms with Crippen LogP contribution in [0.3, 0.4) is 0 Å². The molecule has 0 fully saturated rings. The van der Waals surface area contributed by atoms with Crippen molar-refractivity contribution in [1.82, 2.24) is 29.5 Å². The summed E-state index contributed by atoms with van der Waals surface area (Å²) in [7, 11) is 0. The fourth-order valence-corrected chi connectivity index (χ4v) is 4.15. The van der Waals surface area contributed by atoms with Gasteiger partial charge in [0.2, 0.25) is 5.69 Å². The van der Waals surface area contributed by atoms with E-state index in [1.807, 2.05) is 0 Å². The Morgan fingerprint density at radius 1 is 1.07 bits per heavy atom. The Labute approximate surface area is 241 Å². The Morgan fingerprint density at radius 2 is 1.81 bits per heavy atom. The van der Waals surface area contributed by atoms with Crippen LogP contribution >= 0.6 is 0 Å². The number of nitrogens with zero attached hydrogens (tertiary/aromatic N) is 5. The third-order valence-electron chi connectivity index (χ3n) is 6.28. The van der Waals surface area contributed by atoms with Gasteiger partial charge in [0.05, 0.1) is 18.3 Å². The average molecular weight is 593 g/mol. The maximum Gasteiger partial charge on any atom is 0.352 e. The van der Waals surface area contributed by atoms with Crippen molar-refractivity contribution < 1.29 is 23.4 Å². The second-order valence-corrected chi connectivity index (χ2v) is 9.82. The fraction of sp³-hybridized carbons (Fsp3) is 0.214. The highest BCUT2D eigenvalue weighted by atomic mass is 19.1. The van der Waals surface area contributed by atoms with E-state index < -0.39 is 40.5 Å². The number of carbonyl (C=O) groups is 1. The molecule has 5 rings (SSSR count). The molecule has 5 aromatic rings. The number of aliphatic hydroxyl groups is 1. The maximum absolute atomic E-state index is 15.2. The zero-order valence-electron chi connectivity index (χ0n) is 23.1. The molecule has 3 heterocycles. The van der Waals surface area contributed by atoms with Crippen molar-refractivity contribution in [3.05, 3.63) is 92.9 Å². The number of rotatable bonds is 9. The predicted molar refractivity (Wildman–Crippen MR) is 153 cm³/mol. The molecular formula is C28H26F2N8O5. The average Bonchev–Trinajstić information content (AvgIpc) is 3.38. The lowest BCUT2D eigenvalue weighted by atomic mass is 10.2. The minimum absolute atomic E-state index is 0.0195. The van der Waals surface area contributed by atoms with E-state index >= 15 is 4.39 Å². The summed E-state index contributed by atoms with van der Waals surface area (Å²) in [4.78, 5) is 43.5. The maximum atomic E-state index is 15.2. The lowest BCUT2D eigenvalue weighted by Crippen LogP contribution is -2.45. The zero-order chi connectivity index (χ0) is 30.8. The summed E-state index contributed by atoms with van der Waals surface area (Å²) < 4.78 is 36.1. The van der Waals surface area contributed by atoms with Crippen LogP contribution in [-0.2, 0) is 0 Å². The molecule has 4 N–H and O–H groups in total. The zero-order valence-corrected chi connectivity index (χ0v) is 23.1. The minimum Gasteiger partial charge on any atom is -0.453 e. The summed E-state index contributed by atoms with van der Waals surface area (Å²) in [5.41, 5.74) is -2.09. The number of aliphatic hydroxyl groups excluding tert-OH is 1. The molecule has 0 radical (unpaired) electrons. The first kappa shape index (κ1) is 29.1. The molecule has 0 spiro atoms. The van der Waals surface area contributed by atoms with Crippen LogP contribution in [0.4, 0.5) is 20.3 Å². The van der Waals surface area contributed by atoms with Crippen LogP contribution in [0.15, 0.2) is 64.3 Å². The van der Waals surface area contributed by atoms with Crippen LogP contribution in [-0.4, -0.2) is 53.2 Å². The van der Waals surface area contributed by atoms with Crippen molar-refractivity contribution in [3.63, 3.8) is 0 Å². The number of halogens is 2. The van der Waals surface area contributed by atoms with Gasteiger partial charge in [-0.3, -0.25) is 14.7 Å². The van der Waals surface area contributed by atoms with E-state index in [1.54, 1.807) is 20.8 Å². The molecule has 0 aliphatic heterocycles. The number of benzene rings is 2. The lowest BCUT2D eigenvalue weighted by molar-refractivity contribution is 0.101. The minimum atomic E-state index is -1.03. The molecule has 43 heavy (non-hydrogen) atoms. The molecule has 0 saturated carbocycles. The van der Waals surface area contributed by atoms with Gasteiger partial charge in [0.1, 0.15) is 17.0 Å². The number of aromatic nitrogens is 6. The molecule has 2 aromatic carbocycles. The number of ether oxygens (including phenoxy) is 1. The van der Waals surface area contributed by atoms with E-state index in [2.05, 4.69) is 30.9 Å². The van der Waals surface area contributed by atoms with Crippen LogP contribution in [0.25, 0.3) is 16.7 Å². The van der Waals surface area contributed by atoms with E-state index in [9.17, 15) is 23.9 Å². The summed E-state index contributed by atoms with van der Waals surface area (Å²) >= 11 is 0. The molecule has 3 aromatic heterocycles. The highest BCUT2D eigenvalue weighted by Crippen LogP contribution is 2.34. The van der Waals surface area contributed by atoms with Gasteiger partial charge in [-0.1, -0.05) is 0 Å². The molecule has 1 amide bonds. The first-order chi connectivity index (χ1) is 20.6. The number of fused-ring (bicyclic) bond motifs is 1. The second-order valence-electron chi connectivity index (χ2n) is 9.82. The number of carbonyl (C=O) groups excluding carboxylic acids is 1. The fourth-order valence-electron chi connectivity index (χ4n) is 4.15. The van der Waals surface area contributed by atoms with Gasteiger partial charge in [-0.15, -0.1) is 0 Å². The third kappa shape index (κ3) is 5.83. The van der Waals surface area contributed by atoms with E-state index in [0.29, 0.717) is 21.4 Å². The molecule has 0 unspecified atom stereocenters. The topological polar surface area (TPSA) is 169 Å². The summed E-state index contributed by atoms with van der Waals surface area (Å²) in [5.74, 6) is -2.01. The van der Waals surface area contributed by atoms with Crippen LogP contribution in [0.1, 0.15) is 37.3 Å². The highest BCUT2D eigenvalue weighted by molar-refractivity contribution is 6.02. The first-order valence-corrected chi connectivity index (χ1v) is 13.1. The van der Waals surface area contributed by atoms with Gasteiger partial charge < -0.3 is 20.5 Å². The number of H-pyrrole nitrogens is 1. The highest BCUT2D eigenvalue weighted by Gasteiger charge is 2.23. The van der Waals surface area contributed by atoms with E-state index in [-0.39, 0.29) is 35.5 Å². The molecule has 0 aliphatic carbocycles. The van der Waals surface area contributed by atoms with Gasteiger partial charge in [-0.2, -0.15) is 10.2 Å². The summed E-state index contributed by atoms with van der Waals surface area (Å²) in [6.07, 6.45) is 1.45. The molecule has 1 atom stereocenters. The molecule has 0 bridgehead atoms. The monoisotopic (exact) mass is 592 g/mol. The normalized spacial score (nSPS) is 12.0. The standard InChI is InChI=1S/C28H26F2N8O5/c1-14(2)38-28(42)37(18-7-4-16(29)5-8-18)27(41)23(36-38)26(40)33-17-6-9-20(19(30)12-17)43-21-10-11-31-24-22(21)25(35-34-24)32-15(3)13-39/h4-12,14-15,39H,13H2,1-3H3,(H,33,40)(H2,31,32,34,35)/t15-/m1/s1. The second kappa shape index (κ2) is 11.8. The number of nitrogens with one attached hydrogen (secondary N) is 3. The number of hydrogen-bond acceptors (Lipinski definition) is 9. The van der Waals surface area contributed by atoms with E-state index in [4.69, 9.17) is 4.74 Å². The molecule has 0 saturated heterocycles. The summed E-state index contributed by atoms with van der Waals surface area (Å²) in [6.45, 7) is 4.86. The van der Waals surface area contributed by atoms with Crippen LogP contribution in [0, 0.1) is 11.6 Å². The summed E-state index contributed by atoms with van der Waals surface area (Å²) in [6, 6.07) is 8.89. The van der Waals surface area contributed by atoms with Crippen LogP contribution < -0.4 is 26.6 Å². The van der Waals surface area contributed by atoms with E-state index in [0.717, 1.165) is 22.9 Å². The van der Waals surface area contributed by atoms with Crippen molar-refractivity contribution in [3.8, 4) is 17.2 Å². The van der Waals surface area contributed by atoms with Gasteiger partial charge in [0.25, 0.3) is 11.5 Å². The Balaban J connectivity index is 1.44. The molecule has 15 heteroatoms. The lowest BCUT2D eigenvalue weighted by Gasteiger charge is -2.14. The van der Waals surface area contributed by atoms with Crippen LogP contribution in [0.5, 0.6) is 11.5 Å². The predicted octanol–water partition coefficient (Wildman–Crippen LogP) is 3.36. The Hall–Kier alpha value is -5.44. The number of hydrogen-bond donors (Lipinski definition) is 4. The molecule has 0 aliphatic rings. The largest absolute Gasteiger partial charge is 0.453 e. The summed E-state index contributed by atoms with van der Waals surface area (Å²) in [5, 5.41) is 26.1. The van der Waals surface area contributed by atoms with Crippen molar-refractivity contribution in [2.45, 2.75) is 32.9 Å². The van der Waals surface area contributed by atoms with Gasteiger partial charge in [-0.05, 0) is 57.2 Å².